The average Bonchev–Trinajstić information content (AvgIpc) is 3.58. The number of rotatable bonds is 16. The zero-order valence-corrected chi connectivity index (χ0v) is 27.2. The molecule has 5 N–H and O–H groups in total. The Balaban J connectivity index is 1.52. The van der Waals surface area contributed by atoms with Crippen LogP contribution in [0.2, 0.25) is 0 Å². The van der Waals surface area contributed by atoms with Crippen molar-refractivity contribution in [3.05, 3.63) is 41.0 Å². The van der Waals surface area contributed by atoms with Gasteiger partial charge < -0.3 is 26.4 Å². The molecule has 3 amide bonds. The minimum atomic E-state index is -0.800. The number of amides is 3. The van der Waals surface area contributed by atoms with E-state index < -0.39 is 23.6 Å². The minimum Gasteiger partial charge on any atom is -0.391 e. The lowest BCUT2D eigenvalue weighted by molar-refractivity contribution is -0.144. The highest BCUT2D eigenvalue weighted by molar-refractivity contribution is 7.13. The summed E-state index contributed by atoms with van der Waals surface area (Å²) in [7, 11) is 0. The van der Waals surface area contributed by atoms with Crippen LogP contribution in [0.4, 0.5) is 0 Å². The molecule has 10 heteroatoms. The Morgan fingerprint density at radius 3 is 2.26 bits per heavy atom. The summed E-state index contributed by atoms with van der Waals surface area (Å²) in [6, 6.07) is 6.36. The first-order valence-electron chi connectivity index (χ1n) is 15.8. The third kappa shape index (κ3) is 10.7. The molecule has 1 aromatic heterocycles. The van der Waals surface area contributed by atoms with Gasteiger partial charge in [-0.2, -0.15) is 0 Å². The van der Waals surface area contributed by atoms with Gasteiger partial charge in [-0.3, -0.25) is 14.4 Å². The lowest BCUT2D eigenvalue weighted by Gasteiger charge is -2.35. The Bertz CT molecular complexity index is 1180. The van der Waals surface area contributed by atoms with Crippen molar-refractivity contribution in [1.82, 2.24) is 20.5 Å². The van der Waals surface area contributed by atoms with E-state index in [1.807, 2.05) is 57.5 Å². The normalized spacial score (nSPS) is 17.6. The molecule has 3 atom stereocenters. The molecule has 9 nitrogen and oxygen atoms in total. The van der Waals surface area contributed by atoms with Gasteiger partial charge in [-0.15, -0.1) is 11.3 Å². The Hall–Kier alpha value is -2.82. The maximum Gasteiger partial charge on any atom is 0.246 e. The van der Waals surface area contributed by atoms with Gasteiger partial charge >= 0.3 is 0 Å². The van der Waals surface area contributed by atoms with E-state index in [2.05, 4.69) is 15.6 Å². The number of aliphatic hydroxyl groups excluding tert-OH is 1. The maximum absolute atomic E-state index is 13.8. The topological polar surface area (TPSA) is 138 Å². The number of hydrogen-bond acceptors (Lipinski definition) is 7. The summed E-state index contributed by atoms with van der Waals surface area (Å²) in [6.45, 7) is 8.81. The summed E-state index contributed by atoms with van der Waals surface area (Å²) >= 11 is 1.59. The van der Waals surface area contributed by atoms with Crippen molar-refractivity contribution in [2.24, 2.45) is 11.1 Å². The molecular formula is C33H51N5O4S. The molecule has 0 radical (unpaired) electrons. The van der Waals surface area contributed by atoms with Crippen molar-refractivity contribution < 1.29 is 19.5 Å². The van der Waals surface area contributed by atoms with Crippen molar-refractivity contribution >= 4 is 29.1 Å². The van der Waals surface area contributed by atoms with E-state index in [1.165, 1.54) is 24.2 Å². The Labute approximate surface area is 261 Å². The van der Waals surface area contributed by atoms with Gasteiger partial charge in [-0.25, -0.2) is 4.98 Å². The second-order valence-electron chi connectivity index (χ2n) is 12.8. The van der Waals surface area contributed by atoms with Crippen LogP contribution < -0.4 is 16.4 Å². The Morgan fingerprint density at radius 2 is 1.67 bits per heavy atom. The fourth-order valence-corrected chi connectivity index (χ4v) is 6.32. The fraction of sp³-hybridized carbons (Fsp3) is 0.636. The third-order valence-corrected chi connectivity index (χ3v) is 9.05. The molecular weight excluding hydrogens is 562 g/mol. The number of hydrogen-bond donors (Lipinski definition) is 4. The first-order chi connectivity index (χ1) is 20.5. The van der Waals surface area contributed by atoms with Crippen LogP contribution in [0.25, 0.3) is 10.4 Å². The molecule has 0 spiro atoms. The summed E-state index contributed by atoms with van der Waals surface area (Å²) in [4.78, 5) is 46.8. The number of unbranched alkanes of at least 4 members (excludes halogenated alkanes) is 7. The van der Waals surface area contributed by atoms with E-state index in [4.69, 9.17) is 5.73 Å². The number of carbonyl (C=O) groups is 3. The van der Waals surface area contributed by atoms with E-state index >= 15 is 0 Å². The van der Waals surface area contributed by atoms with E-state index in [1.54, 1.807) is 11.3 Å². The van der Waals surface area contributed by atoms with Gasteiger partial charge in [0.25, 0.3) is 0 Å². The Kier molecular flexibility index (Phi) is 13.6. The van der Waals surface area contributed by atoms with Crippen LogP contribution in [0.15, 0.2) is 29.8 Å². The summed E-state index contributed by atoms with van der Waals surface area (Å²) in [6.07, 6.45) is 8.40. The standard InChI is InChI=1S/C33H51N5O4S/c1-23-29(43-22-36-23)25-16-14-24(15-17-25)20-35-31(41)27-19-26(39)21-38(27)32(42)30(33(2,3)4)37-28(40)13-11-9-7-5-6-8-10-12-18-34/h14-17,22,26-27,30,39H,5-13,18-21,34H2,1-4H3,(H,35,41)(H,37,40)/t26?,27-,30+/m0/s1. The molecule has 1 saturated heterocycles. The van der Waals surface area contributed by atoms with Gasteiger partial charge in [0.05, 0.1) is 22.2 Å². The molecule has 43 heavy (non-hydrogen) atoms. The van der Waals surface area contributed by atoms with Crippen molar-refractivity contribution in [2.75, 3.05) is 13.1 Å². The predicted octanol–water partition coefficient (Wildman–Crippen LogP) is 4.70. The smallest absolute Gasteiger partial charge is 0.246 e. The number of nitrogens with two attached hydrogens (primary N) is 1. The number of likely N-dealkylation sites (tertiary alicyclic amines) is 1. The van der Waals surface area contributed by atoms with Crippen LogP contribution in [0.3, 0.4) is 0 Å². The number of aryl methyl sites for hydroxylation is 1. The first-order valence-corrected chi connectivity index (χ1v) is 16.6. The van der Waals surface area contributed by atoms with Crippen LogP contribution in [0, 0.1) is 12.3 Å². The van der Waals surface area contributed by atoms with Crippen LogP contribution in [-0.2, 0) is 20.9 Å². The molecule has 1 fully saturated rings. The molecule has 238 valence electrons. The van der Waals surface area contributed by atoms with Gasteiger partial charge in [0, 0.05) is 25.9 Å². The number of benzene rings is 1. The summed E-state index contributed by atoms with van der Waals surface area (Å²) in [5.41, 5.74) is 9.80. The highest BCUT2D eigenvalue weighted by Gasteiger charge is 2.44. The molecule has 1 aromatic carbocycles. The van der Waals surface area contributed by atoms with E-state index in [0.717, 1.165) is 60.3 Å². The highest BCUT2D eigenvalue weighted by atomic mass is 32.1. The van der Waals surface area contributed by atoms with Crippen molar-refractivity contribution in [3.63, 3.8) is 0 Å². The molecule has 0 bridgehead atoms. The number of aliphatic hydroxyl groups is 1. The lowest BCUT2D eigenvalue weighted by Crippen LogP contribution is -2.57. The molecule has 0 saturated carbocycles. The minimum absolute atomic E-state index is 0.0630. The number of thiazole rings is 1. The van der Waals surface area contributed by atoms with E-state index in [9.17, 15) is 19.5 Å². The SMILES string of the molecule is Cc1ncsc1-c1ccc(CNC(=O)[C@@H]2CC(O)CN2C(=O)[C@@H](NC(=O)CCCCCCCCCCN)C(C)(C)C)cc1. The average molecular weight is 614 g/mol. The number of aromatic nitrogens is 1. The number of carbonyl (C=O) groups excluding carboxylic acids is 3. The summed E-state index contributed by atoms with van der Waals surface area (Å²) in [5.74, 6) is -0.803. The van der Waals surface area contributed by atoms with Gasteiger partial charge in [-0.05, 0) is 42.9 Å². The first kappa shape index (κ1) is 34.7. The summed E-state index contributed by atoms with van der Waals surface area (Å²) < 4.78 is 0. The van der Waals surface area contributed by atoms with Gasteiger partial charge in [0.15, 0.2) is 0 Å². The fourth-order valence-electron chi connectivity index (χ4n) is 5.50. The van der Waals surface area contributed by atoms with Crippen LogP contribution in [0.1, 0.15) is 96.2 Å². The van der Waals surface area contributed by atoms with E-state index in [0.29, 0.717) is 13.0 Å². The van der Waals surface area contributed by atoms with Crippen molar-refractivity contribution in [3.8, 4) is 10.4 Å². The van der Waals surface area contributed by atoms with Gasteiger partial charge in [-0.1, -0.05) is 83.6 Å². The zero-order valence-electron chi connectivity index (χ0n) is 26.4. The molecule has 2 heterocycles. The largest absolute Gasteiger partial charge is 0.391 e. The molecule has 3 rings (SSSR count). The lowest BCUT2D eigenvalue weighted by atomic mass is 9.85. The molecule has 2 aromatic rings. The third-order valence-electron chi connectivity index (χ3n) is 8.07. The second-order valence-corrected chi connectivity index (χ2v) is 13.7. The quantitative estimate of drug-likeness (QED) is 0.203. The molecule has 1 unspecified atom stereocenters. The molecule has 1 aliphatic heterocycles. The number of β-amino-alcohol motifs (C(OH)–C–C–N with tert-alkyl or cyclic N) is 1. The predicted molar refractivity (Wildman–Crippen MR) is 172 cm³/mol. The summed E-state index contributed by atoms with van der Waals surface area (Å²) in [5, 5.41) is 16.3. The van der Waals surface area contributed by atoms with Gasteiger partial charge in [0.2, 0.25) is 17.7 Å². The second kappa shape index (κ2) is 16.9. The van der Waals surface area contributed by atoms with E-state index in [-0.39, 0.29) is 30.7 Å². The Morgan fingerprint density at radius 1 is 1.05 bits per heavy atom. The number of nitrogens with zero attached hydrogens (tertiary/aromatic N) is 2. The monoisotopic (exact) mass is 613 g/mol. The maximum atomic E-state index is 13.8. The van der Waals surface area contributed by atoms with Crippen molar-refractivity contribution in [1.29, 1.82) is 0 Å². The number of nitrogens with one attached hydrogen (secondary N) is 2. The van der Waals surface area contributed by atoms with Crippen LogP contribution in [0.5, 0.6) is 0 Å². The van der Waals surface area contributed by atoms with Gasteiger partial charge in [0.1, 0.15) is 12.1 Å². The highest BCUT2D eigenvalue weighted by Crippen LogP contribution is 2.28. The van der Waals surface area contributed by atoms with Crippen LogP contribution in [-0.4, -0.2) is 64.0 Å². The van der Waals surface area contributed by atoms with Crippen LogP contribution >= 0.6 is 11.3 Å². The molecule has 1 aliphatic rings. The zero-order chi connectivity index (χ0) is 31.4. The van der Waals surface area contributed by atoms with Crippen molar-refractivity contribution in [2.45, 2.75) is 117 Å². The molecule has 0 aliphatic carbocycles.